The number of aromatic nitrogens is 1. The summed E-state index contributed by atoms with van der Waals surface area (Å²) in [5.41, 5.74) is 1.72. The van der Waals surface area contributed by atoms with Gasteiger partial charge in [-0.3, -0.25) is 9.78 Å². The topological polar surface area (TPSA) is 42.4 Å². The first-order valence-electron chi connectivity index (χ1n) is 8.53. The van der Waals surface area contributed by atoms with Gasteiger partial charge in [0.15, 0.2) is 6.29 Å². The summed E-state index contributed by atoms with van der Waals surface area (Å²) in [7, 11) is 1.72. The molecule has 3 aromatic rings. The average molecular weight is 404 g/mol. The lowest BCUT2D eigenvalue weighted by atomic mass is 10.00. The van der Waals surface area contributed by atoms with Crippen molar-refractivity contribution in [1.82, 2.24) is 4.98 Å². The first kappa shape index (κ1) is 20.3. The van der Waals surface area contributed by atoms with Crippen LogP contribution in [-0.4, -0.2) is 24.9 Å². The SMILES string of the molecule is CN(Cc1c(C=O)ccnc1-c1ccc(F)cc1OC(F)F)c1ccc(F)cc1. The first-order valence-corrected chi connectivity index (χ1v) is 8.53. The highest BCUT2D eigenvalue weighted by Crippen LogP contribution is 2.34. The minimum absolute atomic E-state index is 0.123. The Morgan fingerprint density at radius 3 is 2.41 bits per heavy atom. The molecule has 2 aromatic carbocycles. The lowest BCUT2D eigenvalue weighted by molar-refractivity contribution is -0.0496. The highest BCUT2D eigenvalue weighted by Gasteiger charge is 2.19. The van der Waals surface area contributed by atoms with E-state index in [9.17, 15) is 22.4 Å². The Kier molecular flexibility index (Phi) is 6.11. The number of hydrogen-bond donors (Lipinski definition) is 0. The second-order valence-corrected chi connectivity index (χ2v) is 6.20. The lowest BCUT2D eigenvalue weighted by Gasteiger charge is -2.22. The molecule has 29 heavy (non-hydrogen) atoms. The second-order valence-electron chi connectivity index (χ2n) is 6.20. The van der Waals surface area contributed by atoms with Gasteiger partial charge in [0, 0.05) is 48.2 Å². The molecule has 1 aromatic heterocycles. The number of ether oxygens (including phenoxy) is 1. The van der Waals surface area contributed by atoms with Crippen molar-refractivity contribution in [3.8, 4) is 17.0 Å². The van der Waals surface area contributed by atoms with Crippen molar-refractivity contribution in [2.24, 2.45) is 0 Å². The summed E-state index contributed by atoms with van der Waals surface area (Å²) in [6, 6.07) is 10.4. The van der Waals surface area contributed by atoms with E-state index in [1.54, 1.807) is 24.1 Å². The predicted molar refractivity (Wildman–Crippen MR) is 100 cm³/mol. The van der Waals surface area contributed by atoms with E-state index in [0.717, 1.165) is 12.1 Å². The highest BCUT2D eigenvalue weighted by molar-refractivity contribution is 5.83. The lowest BCUT2D eigenvalue weighted by Crippen LogP contribution is -2.18. The Labute approximate surface area is 164 Å². The van der Waals surface area contributed by atoms with Crippen LogP contribution in [0.2, 0.25) is 0 Å². The number of aldehydes is 1. The van der Waals surface area contributed by atoms with E-state index in [2.05, 4.69) is 9.72 Å². The Morgan fingerprint density at radius 2 is 1.76 bits per heavy atom. The van der Waals surface area contributed by atoms with Gasteiger partial charge in [-0.15, -0.1) is 0 Å². The van der Waals surface area contributed by atoms with Gasteiger partial charge in [-0.2, -0.15) is 8.78 Å². The Bertz CT molecular complexity index is 1010. The van der Waals surface area contributed by atoms with Gasteiger partial charge in [-0.1, -0.05) is 0 Å². The van der Waals surface area contributed by atoms with Crippen molar-refractivity contribution >= 4 is 12.0 Å². The molecule has 0 spiro atoms. The van der Waals surface area contributed by atoms with Crippen LogP contribution in [0.3, 0.4) is 0 Å². The maximum absolute atomic E-state index is 13.6. The van der Waals surface area contributed by atoms with E-state index in [0.29, 0.717) is 17.5 Å². The summed E-state index contributed by atoms with van der Waals surface area (Å²) in [6.07, 6.45) is 1.98. The third-order valence-electron chi connectivity index (χ3n) is 4.30. The normalized spacial score (nSPS) is 10.8. The zero-order valence-electron chi connectivity index (χ0n) is 15.3. The van der Waals surface area contributed by atoms with Crippen LogP contribution in [0.1, 0.15) is 15.9 Å². The predicted octanol–water partition coefficient (Wildman–Crippen LogP) is 5.08. The van der Waals surface area contributed by atoms with E-state index in [-0.39, 0.29) is 29.1 Å². The number of anilines is 1. The molecule has 0 bridgehead atoms. The van der Waals surface area contributed by atoms with Crippen molar-refractivity contribution in [3.05, 3.63) is 77.5 Å². The maximum atomic E-state index is 13.6. The standard InChI is InChI=1S/C21H16F4N2O2/c1-27(16-5-2-14(22)3-6-16)11-18-13(12-28)8-9-26-20(18)17-7-4-15(23)10-19(17)29-21(24)25/h2-10,12,21H,11H2,1H3. The molecule has 0 radical (unpaired) electrons. The van der Waals surface area contributed by atoms with Gasteiger partial charge in [0.05, 0.1) is 5.69 Å². The van der Waals surface area contributed by atoms with Crippen LogP contribution >= 0.6 is 0 Å². The molecule has 3 rings (SSSR count). The van der Waals surface area contributed by atoms with Crippen molar-refractivity contribution < 1.29 is 27.1 Å². The van der Waals surface area contributed by atoms with Gasteiger partial charge < -0.3 is 9.64 Å². The van der Waals surface area contributed by atoms with Gasteiger partial charge in [-0.25, -0.2) is 8.78 Å². The number of carbonyl (C=O) groups is 1. The van der Waals surface area contributed by atoms with Crippen molar-refractivity contribution in [2.75, 3.05) is 11.9 Å². The molecule has 0 unspecified atom stereocenters. The van der Waals surface area contributed by atoms with Crippen LogP contribution in [0.15, 0.2) is 54.7 Å². The summed E-state index contributed by atoms with van der Waals surface area (Å²) in [4.78, 5) is 17.5. The van der Waals surface area contributed by atoms with Crippen LogP contribution in [0.4, 0.5) is 23.2 Å². The van der Waals surface area contributed by atoms with Crippen LogP contribution < -0.4 is 9.64 Å². The molecule has 0 aliphatic carbocycles. The molecule has 1 heterocycles. The van der Waals surface area contributed by atoms with Crippen LogP contribution in [-0.2, 0) is 6.54 Å². The van der Waals surface area contributed by atoms with Crippen LogP contribution in [0, 0.1) is 11.6 Å². The molecule has 0 saturated heterocycles. The fourth-order valence-corrected chi connectivity index (χ4v) is 2.93. The van der Waals surface area contributed by atoms with E-state index in [4.69, 9.17) is 0 Å². The van der Waals surface area contributed by atoms with Crippen molar-refractivity contribution in [2.45, 2.75) is 13.2 Å². The molecule has 0 aliphatic rings. The number of alkyl halides is 2. The Hall–Kier alpha value is -3.42. The fourth-order valence-electron chi connectivity index (χ4n) is 2.93. The molecule has 0 N–H and O–H groups in total. The minimum Gasteiger partial charge on any atom is -0.434 e. The number of carbonyl (C=O) groups excluding carboxylic acids is 1. The number of rotatable bonds is 7. The molecule has 8 heteroatoms. The number of nitrogens with zero attached hydrogens (tertiary/aromatic N) is 2. The molecule has 150 valence electrons. The van der Waals surface area contributed by atoms with Gasteiger partial charge in [-0.05, 0) is 42.5 Å². The molecule has 0 aliphatic heterocycles. The molecule has 4 nitrogen and oxygen atoms in total. The molecule has 0 atom stereocenters. The smallest absolute Gasteiger partial charge is 0.387 e. The van der Waals surface area contributed by atoms with Crippen molar-refractivity contribution in [1.29, 1.82) is 0 Å². The monoisotopic (exact) mass is 404 g/mol. The fraction of sp³-hybridized carbons (Fsp3) is 0.143. The van der Waals surface area contributed by atoms with Gasteiger partial charge in [0.25, 0.3) is 0 Å². The second kappa shape index (κ2) is 8.72. The Morgan fingerprint density at radius 1 is 1.07 bits per heavy atom. The van der Waals surface area contributed by atoms with Gasteiger partial charge in [0.2, 0.25) is 0 Å². The highest BCUT2D eigenvalue weighted by atomic mass is 19.3. The number of hydrogen-bond acceptors (Lipinski definition) is 4. The molecular weight excluding hydrogens is 388 g/mol. The summed E-state index contributed by atoms with van der Waals surface area (Å²) in [5, 5.41) is 0. The summed E-state index contributed by atoms with van der Waals surface area (Å²) in [5.74, 6) is -1.53. The minimum atomic E-state index is -3.16. The number of halogens is 4. The summed E-state index contributed by atoms with van der Waals surface area (Å²) < 4.78 is 56.8. The summed E-state index contributed by atoms with van der Waals surface area (Å²) >= 11 is 0. The van der Waals surface area contributed by atoms with Crippen LogP contribution in [0.5, 0.6) is 5.75 Å². The van der Waals surface area contributed by atoms with E-state index in [1.807, 2.05) is 0 Å². The molecule has 0 fully saturated rings. The largest absolute Gasteiger partial charge is 0.434 e. The van der Waals surface area contributed by atoms with Crippen LogP contribution in [0.25, 0.3) is 11.3 Å². The summed E-state index contributed by atoms with van der Waals surface area (Å²) in [6.45, 7) is -3.00. The van der Waals surface area contributed by atoms with E-state index < -0.39 is 18.2 Å². The quantitative estimate of drug-likeness (QED) is 0.407. The van der Waals surface area contributed by atoms with E-state index in [1.165, 1.54) is 30.5 Å². The number of pyridine rings is 1. The van der Waals surface area contributed by atoms with Gasteiger partial charge in [0.1, 0.15) is 17.4 Å². The Balaban J connectivity index is 2.07. The molecule has 0 saturated carbocycles. The van der Waals surface area contributed by atoms with Crippen molar-refractivity contribution in [3.63, 3.8) is 0 Å². The van der Waals surface area contributed by atoms with Gasteiger partial charge >= 0.3 is 6.61 Å². The first-order chi connectivity index (χ1) is 13.9. The molecule has 0 amide bonds. The molecular formula is C21H16F4N2O2. The number of benzene rings is 2. The van der Waals surface area contributed by atoms with E-state index >= 15 is 0 Å². The average Bonchev–Trinajstić information content (AvgIpc) is 2.68. The third-order valence-corrected chi connectivity index (χ3v) is 4.30. The zero-order chi connectivity index (χ0) is 21.0. The maximum Gasteiger partial charge on any atom is 0.387 e. The third kappa shape index (κ3) is 4.71. The zero-order valence-corrected chi connectivity index (χ0v) is 15.3.